The van der Waals surface area contributed by atoms with Crippen LogP contribution in [0.3, 0.4) is 0 Å². The Morgan fingerprint density at radius 3 is 2.46 bits per heavy atom. The highest BCUT2D eigenvalue weighted by Gasteiger charge is 2.24. The van der Waals surface area contributed by atoms with Gasteiger partial charge in [0.1, 0.15) is 0 Å². The molecular formula is C18H23BrN2O3S2. The molecule has 0 saturated heterocycles. The third-order valence-electron chi connectivity index (χ3n) is 3.74. The highest BCUT2D eigenvalue weighted by Crippen LogP contribution is 2.25. The quantitative estimate of drug-likeness (QED) is 0.594. The highest BCUT2D eigenvalue weighted by atomic mass is 79.9. The first-order chi connectivity index (χ1) is 12.3. The molecule has 1 amide bonds. The third-order valence-corrected chi connectivity index (χ3v) is 6.74. The summed E-state index contributed by atoms with van der Waals surface area (Å²) in [5.74, 6) is 0.335. The first-order valence-corrected chi connectivity index (χ1v) is 11.5. The van der Waals surface area contributed by atoms with Gasteiger partial charge in [0.15, 0.2) is 0 Å². The number of benzene rings is 1. The monoisotopic (exact) mass is 458 g/mol. The largest absolute Gasteiger partial charge is 0.356 e. The van der Waals surface area contributed by atoms with Crippen molar-refractivity contribution in [3.63, 3.8) is 0 Å². The van der Waals surface area contributed by atoms with Gasteiger partial charge in [-0.2, -0.15) is 0 Å². The van der Waals surface area contributed by atoms with Crippen LogP contribution in [0.25, 0.3) is 0 Å². The van der Waals surface area contributed by atoms with Crippen LogP contribution in [0.5, 0.6) is 0 Å². The Kier molecular flexibility index (Phi) is 7.82. The normalized spacial score (nSPS) is 12.9. The molecule has 2 N–H and O–H groups in total. The van der Waals surface area contributed by atoms with Gasteiger partial charge < -0.3 is 5.32 Å². The van der Waals surface area contributed by atoms with E-state index in [1.807, 2.05) is 17.5 Å². The Bertz CT molecular complexity index is 803. The van der Waals surface area contributed by atoms with Crippen molar-refractivity contribution in [3.05, 3.63) is 51.1 Å². The lowest BCUT2D eigenvalue weighted by Crippen LogP contribution is -2.34. The van der Waals surface area contributed by atoms with E-state index in [1.54, 1.807) is 12.1 Å². The summed E-state index contributed by atoms with van der Waals surface area (Å²) in [5, 5.41) is 4.73. The van der Waals surface area contributed by atoms with Crippen molar-refractivity contribution in [2.75, 3.05) is 6.54 Å². The summed E-state index contributed by atoms with van der Waals surface area (Å²) >= 11 is 4.72. The van der Waals surface area contributed by atoms with E-state index in [1.165, 1.54) is 23.5 Å². The zero-order valence-corrected chi connectivity index (χ0v) is 18.0. The molecule has 1 aromatic carbocycles. The lowest BCUT2D eigenvalue weighted by atomic mass is 10.1. The fraction of sp³-hybridized carbons (Fsp3) is 0.389. The lowest BCUT2D eigenvalue weighted by Gasteiger charge is -2.18. The minimum absolute atomic E-state index is 0.0639. The number of halogens is 1. The summed E-state index contributed by atoms with van der Waals surface area (Å²) in [5.41, 5.74) is 0. The minimum atomic E-state index is -3.73. The second kappa shape index (κ2) is 9.64. The van der Waals surface area contributed by atoms with Crippen molar-refractivity contribution in [2.24, 2.45) is 5.92 Å². The van der Waals surface area contributed by atoms with Gasteiger partial charge in [-0.3, -0.25) is 4.79 Å². The second-order valence-corrected chi connectivity index (χ2v) is 9.99. The van der Waals surface area contributed by atoms with Crippen molar-refractivity contribution >= 4 is 43.2 Å². The number of nitrogens with one attached hydrogen (secondary N) is 2. The molecule has 1 aromatic heterocycles. The Labute approximate surface area is 167 Å². The number of hydrogen-bond donors (Lipinski definition) is 2. The van der Waals surface area contributed by atoms with Gasteiger partial charge in [-0.15, -0.1) is 11.3 Å². The van der Waals surface area contributed by atoms with Gasteiger partial charge in [0.25, 0.3) is 0 Å². The topological polar surface area (TPSA) is 75.3 Å². The summed E-state index contributed by atoms with van der Waals surface area (Å²) in [7, 11) is -3.73. The second-order valence-electron chi connectivity index (χ2n) is 6.38. The number of carbonyl (C=O) groups is 1. The molecule has 0 saturated carbocycles. The summed E-state index contributed by atoms with van der Waals surface area (Å²) in [6.07, 6.45) is 0.953. The van der Waals surface area contributed by atoms with E-state index in [2.05, 4.69) is 39.8 Å². The van der Waals surface area contributed by atoms with Gasteiger partial charge in [0.2, 0.25) is 15.9 Å². The number of thiophene rings is 1. The Balaban J connectivity index is 2.10. The molecular weight excluding hydrogens is 436 g/mol. The lowest BCUT2D eigenvalue weighted by molar-refractivity contribution is -0.121. The zero-order valence-electron chi connectivity index (χ0n) is 14.7. The van der Waals surface area contributed by atoms with Crippen LogP contribution < -0.4 is 10.0 Å². The Hall–Kier alpha value is -1.22. The predicted octanol–water partition coefficient (Wildman–Crippen LogP) is 4.08. The first kappa shape index (κ1) is 21.1. The number of amides is 1. The van der Waals surface area contributed by atoms with E-state index in [4.69, 9.17) is 0 Å². The van der Waals surface area contributed by atoms with Gasteiger partial charge in [-0.1, -0.05) is 35.8 Å². The van der Waals surface area contributed by atoms with Crippen LogP contribution in [0.2, 0.25) is 0 Å². The van der Waals surface area contributed by atoms with Crippen LogP contribution in [-0.4, -0.2) is 20.9 Å². The molecule has 2 rings (SSSR count). The van der Waals surface area contributed by atoms with Gasteiger partial charge >= 0.3 is 0 Å². The maximum atomic E-state index is 12.7. The minimum Gasteiger partial charge on any atom is -0.356 e. The molecule has 0 radical (unpaired) electrons. The van der Waals surface area contributed by atoms with Crippen molar-refractivity contribution in [2.45, 2.75) is 37.6 Å². The molecule has 26 heavy (non-hydrogen) atoms. The van der Waals surface area contributed by atoms with E-state index in [-0.39, 0.29) is 17.2 Å². The first-order valence-electron chi connectivity index (χ1n) is 8.36. The van der Waals surface area contributed by atoms with E-state index >= 15 is 0 Å². The van der Waals surface area contributed by atoms with Crippen molar-refractivity contribution in [3.8, 4) is 0 Å². The molecule has 0 spiro atoms. The van der Waals surface area contributed by atoms with Crippen molar-refractivity contribution in [1.82, 2.24) is 10.0 Å². The molecule has 2 aromatic rings. The maximum absolute atomic E-state index is 12.7. The number of sulfonamides is 1. The molecule has 0 aliphatic carbocycles. The molecule has 0 fully saturated rings. The van der Waals surface area contributed by atoms with Gasteiger partial charge in [-0.25, -0.2) is 13.1 Å². The smallest absolute Gasteiger partial charge is 0.241 e. The fourth-order valence-corrected chi connectivity index (χ4v) is 4.65. The molecule has 1 atom stereocenters. The SMILES string of the molecule is CC(C)CCNC(=O)CC(NS(=O)(=O)c1ccc(Br)cc1)c1cccs1. The van der Waals surface area contributed by atoms with Crippen molar-refractivity contribution in [1.29, 1.82) is 0 Å². The highest BCUT2D eigenvalue weighted by molar-refractivity contribution is 9.10. The molecule has 1 heterocycles. The fourth-order valence-electron chi connectivity index (χ4n) is 2.32. The van der Waals surface area contributed by atoms with Crippen LogP contribution in [-0.2, 0) is 14.8 Å². The summed E-state index contributed by atoms with van der Waals surface area (Å²) < 4.78 is 28.8. The van der Waals surface area contributed by atoms with Gasteiger partial charge in [0, 0.05) is 22.3 Å². The molecule has 8 heteroatoms. The number of hydrogen-bond acceptors (Lipinski definition) is 4. The molecule has 0 aliphatic rings. The Morgan fingerprint density at radius 1 is 1.19 bits per heavy atom. The van der Waals surface area contributed by atoms with Crippen LogP contribution in [0.15, 0.2) is 51.1 Å². The van der Waals surface area contributed by atoms with Gasteiger partial charge in [0.05, 0.1) is 10.9 Å². The summed E-state index contributed by atoms with van der Waals surface area (Å²) in [6, 6.07) is 9.49. The molecule has 0 aliphatic heterocycles. The van der Waals surface area contributed by atoms with Crippen LogP contribution in [0.1, 0.15) is 37.6 Å². The summed E-state index contributed by atoms with van der Waals surface area (Å²) in [6.45, 7) is 4.77. The van der Waals surface area contributed by atoms with Crippen molar-refractivity contribution < 1.29 is 13.2 Å². The standard InChI is InChI=1S/C18H23BrN2O3S2/c1-13(2)9-10-20-18(22)12-16(17-4-3-11-25-17)21-26(23,24)15-7-5-14(19)6-8-15/h3-8,11,13,16,21H,9-10,12H2,1-2H3,(H,20,22). The average molecular weight is 459 g/mol. The molecule has 142 valence electrons. The molecule has 0 bridgehead atoms. The third kappa shape index (κ3) is 6.50. The molecule has 1 unspecified atom stereocenters. The zero-order chi connectivity index (χ0) is 19.2. The van der Waals surface area contributed by atoms with E-state index in [9.17, 15) is 13.2 Å². The number of carbonyl (C=O) groups excluding carboxylic acids is 1. The van der Waals surface area contributed by atoms with E-state index in [0.717, 1.165) is 15.8 Å². The molecule has 5 nitrogen and oxygen atoms in total. The van der Waals surface area contributed by atoms with E-state index in [0.29, 0.717) is 12.5 Å². The van der Waals surface area contributed by atoms with Gasteiger partial charge in [-0.05, 0) is 48.1 Å². The van der Waals surface area contributed by atoms with Crippen LogP contribution in [0.4, 0.5) is 0 Å². The van der Waals surface area contributed by atoms with E-state index < -0.39 is 16.1 Å². The maximum Gasteiger partial charge on any atom is 0.241 e. The van der Waals surface area contributed by atoms with Crippen LogP contribution >= 0.6 is 27.3 Å². The Morgan fingerprint density at radius 2 is 1.88 bits per heavy atom. The average Bonchev–Trinajstić information content (AvgIpc) is 3.08. The number of rotatable bonds is 9. The predicted molar refractivity (Wildman–Crippen MR) is 109 cm³/mol. The van der Waals surface area contributed by atoms with Crippen LogP contribution in [0, 0.1) is 5.92 Å². The summed E-state index contributed by atoms with van der Waals surface area (Å²) in [4.78, 5) is 13.2.